The molecule has 1 aromatic rings. The smallest absolute Gasteiger partial charge is 0.0476 e. The predicted octanol–water partition coefficient (Wildman–Crippen LogP) is 3.74. The normalized spacial score (nSPS) is 27.8. The zero-order chi connectivity index (χ0) is 14.0. The Hall–Kier alpha value is -0.860. The van der Waals surface area contributed by atoms with E-state index in [0.717, 1.165) is 6.54 Å². The van der Waals surface area contributed by atoms with Crippen LogP contribution >= 0.6 is 0 Å². The van der Waals surface area contributed by atoms with E-state index in [1.165, 1.54) is 44.2 Å². The van der Waals surface area contributed by atoms with E-state index in [4.69, 9.17) is 0 Å². The van der Waals surface area contributed by atoms with Crippen molar-refractivity contribution >= 4 is 0 Å². The quantitative estimate of drug-likeness (QED) is 0.901. The van der Waals surface area contributed by atoms with Crippen molar-refractivity contribution in [1.82, 2.24) is 10.2 Å². The molecule has 0 bridgehead atoms. The molecule has 3 rings (SSSR count). The minimum Gasteiger partial charge on any atom is -0.308 e. The van der Waals surface area contributed by atoms with Crippen LogP contribution in [0.4, 0.5) is 0 Å². The maximum absolute atomic E-state index is 3.91. The molecule has 1 N–H and O–H groups in total. The van der Waals surface area contributed by atoms with Crippen molar-refractivity contribution in [3.63, 3.8) is 0 Å². The first kappa shape index (κ1) is 14.1. The number of nitrogens with one attached hydrogen (secondary N) is 1. The number of hydrogen-bond acceptors (Lipinski definition) is 2. The fourth-order valence-corrected chi connectivity index (χ4v) is 4.01. The maximum atomic E-state index is 3.91. The fraction of sp³-hybridized carbons (Fsp3) is 0.667. The molecule has 2 aliphatic rings. The molecule has 0 aromatic heterocycles. The molecule has 2 fully saturated rings. The highest BCUT2D eigenvalue weighted by atomic mass is 15.3. The first-order valence-electron chi connectivity index (χ1n) is 8.30. The van der Waals surface area contributed by atoms with Gasteiger partial charge in [0.25, 0.3) is 0 Å². The third-order valence-corrected chi connectivity index (χ3v) is 5.46. The van der Waals surface area contributed by atoms with Gasteiger partial charge >= 0.3 is 0 Å². The molecule has 1 heterocycles. The van der Waals surface area contributed by atoms with Crippen molar-refractivity contribution in [2.24, 2.45) is 0 Å². The zero-order valence-electron chi connectivity index (χ0n) is 12.9. The van der Waals surface area contributed by atoms with Gasteiger partial charge in [0.2, 0.25) is 0 Å². The van der Waals surface area contributed by atoms with Gasteiger partial charge in [-0.05, 0) is 31.7 Å². The summed E-state index contributed by atoms with van der Waals surface area (Å²) in [5, 5.41) is 3.91. The summed E-state index contributed by atoms with van der Waals surface area (Å²) in [6, 6.07) is 12.2. The largest absolute Gasteiger partial charge is 0.308 e. The summed E-state index contributed by atoms with van der Waals surface area (Å²) in [5.74, 6) is 0. The van der Waals surface area contributed by atoms with Crippen LogP contribution in [0.5, 0.6) is 0 Å². The molecule has 0 radical (unpaired) electrons. The summed E-state index contributed by atoms with van der Waals surface area (Å²) in [6.45, 7) is 7.04. The Morgan fingerprint density at radius 3 is 2.60 bits per heavy atom. The maximum Gasteiger partial charge on any atom is 0.0476 e. The van der Waals surface area contributed by atoms with Crippen LogP contribution < -0.4 is 5.32 Å². The molecule has 1 aromatic carbocycles. The fourth-order valence-electron chi connectivity index (χ4n) is 4.01. The van der Waals surface area contributed by atoms with Crippen molar-refractivity contribution in [1.29, 1.82) is 0 Å². The van der Waals surface area contributed by atoms with Gasteiger partial charge in [-0.15, -0.1) is 0 Å². The van der Waals surface area contributed by atoms with Gasteiger partial charge in [-0.2, -0.15) is 0 Å². The SMILES string of the molecule is CCC(C)N1CC2(CCCC2)NCC1c1ccccc1. The molecule has 2 nitrogen and oxygen atoms in total. The summed E-state index contributed by atoms with van der Waals surface area (Å²) in [5.41, 5.74) is 1.88. The average molecular weight is 272 g/mol. The zero-order valence-corrected chi connectivity index (χ0v) is 12.9. The van der Waals surface area contributed by atoms with Gasteiger partial charge in [0, 0.05) is 30.7 Å². The Morgan fingerprint density at radius 2 is 1.95 bits per heavy atom. The predicted molar refractivity (Wildman–Crippen MR) is 84.8 cm³/mol. The molecule has 2 unspecified atom stereocenters. The standard InChI is InChI=1S/C18H28N2/c1-3-15(2)20-14-18(11-7-8-12-18)19-13-17(20)16-9-5-4-6-10-16/h4-6,9-10,15,17,19H,3,7-8,11-14H2,1-2H3. The minimum absolute atomic E-state index is 0.411. The first-order valence-corrected chi connectivity index (χ1v) is 8.30. The molecular weight excluding hydrogens is 244 g/mol. The van der Waals surface area contributed by atoms with E-state index in [-0.39, 0.29) is 0 Å². The molecule has 1 aliphatic carbocycles. The highest BCUT2D eigenvalue weighted by Gasteiger charge is 2.42. The molecule has 2 atom stereocenters. The van der Waals surface area contributed by atoms with E-state index < -0.39 is 0 Å². The Bertz CT molecular complexity index is 422. The van der Waals surface area contributed by atoms with Crippen LogP contribution in [-0.4, -0.2) is 29.6 Å². The van der Waals surface area contributed by atoms with Crippen molar-refractivity contribution in [3.8, 4) is 0 Å². The molecule has 0 amide bonds. The summed E-state index contributed by atoms with van der Waals surface area (Å²) in [7, 11) is 0. The van der Waals surface area contributed by atoms with Crippen LogP contribution in [0.3, 0.4) is 0 Å². The van der Waals surface area contributed by atoms with E-state index in [1.54, 1.807) is 0 Å². The van der Waals surface area contributed by atoms with Gasteiger partial charge in [-0.25, -0.2) is 0 Å². The summed E-state index contributed by atoms with van der Waals surface area (Å²) in [6.07, 6.45) is 6.76. The number of piperazine rings is 1. The lowest BCUT2D eigenvalue weighted by Crippen LogP contribution is -2.61. The van der Waals surface area contributed by atoms with Crippen LogP contribution in [0.1, 0.15) is 57.6 Å². The highest BCUT2D eigenvalue weighted by molar-refractivity contribution is 5.21. The summed E-state index contributed by atoms with van der Waals surface area (Å²) >= 11 is 0. The van der Waals surface area contributed by atoms with Crippen molar-refractivity contribution in [2.75, 3.05) is 13.1 Å². The van der Waals surface area contributed by atoms with E-state index >= 15 is 0 Å². The van der Waals surface area contributed by atoms with Crippen LogP contribution in [0.25, 0.3) is 0 Å². The third-order valence-electron chi connectivity index (χ3n) is 5.46. The lowest BCUT2D eigenvalue weighted by atomic mass is 9.89. The van der Waals surface area contributed by atoms with E-state index in [2.05, 4.69) is 54.4 Å². The lowest BCUT2D eigenvalue weighted by molar-refractivity contribution is 0.0465. The Labute approximate surface area is 123 Å². The second-order valence-corrected chi connectivity index (χ2v) is 6.72. The Morgan fingerprint density at radius 1 is 1.25 bits per heavy atom. The molecule has 110 valence electrons. The number of rotatable bonds is 3. The molecule has 1 saturated carbocycles. The molecule has 1 aliphatic heterocycles. The van der Waals surface area contributed by atoms with Gasteiger partial charge in [0.1, 0.15) is 0 Å². The topological polar surface area (TPSA) is 15.3 Å². The van der Waals surface area contributed by atoms with Gasteiger partial charge in [0.05, 0.1) is 0 Å². The Balaban J connectivity index is 1.83. The minimum atomic E-state index is 0.411. The van der Waals surface area contributed by atoms with Crippen molar-refractivity contribution in [3.05, 3.63) is 35.9 Å². The average Bonchev–Trinajstić information content (AvgIpc) is 2.95. The lowest BCUT2D eigenvalue weighted by Gasteiger charge is -2.49. The van der Waals surface area contributed by atoms with E-state index in [9.17, 15) is 0 Å². The molecule has 2 heteroatoms. The van der Waals surface area contributed by atoms with E-state index in [0.29, 0.717) is 17.6 Å². The second-order valence-electron chi connectivity index (χ2n) is 6.72. The van der Waals surface area contributed by atoms with Crippen LogP contribution in [0.15, 0.2) is 30.3 Å². The molecule has 20 heavy (non-hydrogen) atoms. The van der Waals surface area contributed by atoms with Crippen LogP contribution in [0.2, 0.25) is 0 Å². The third kappa shape index (κ3) is 2.64. The Kier molecular flexibility index (Phi) is 4.13. The van der Waals surface area contributed by atoms with Crippen LogP contribution in [-0.2, 0) is 0 Å². The number of hydrogen-bond donors (Lipinski definition) is 1. The summed E-state index contributed by atoms with van der Waals surface area (Å²) < 4.78 is 0. The highest BCUT2D eigenvalue weighted by Crippen LogP contribution is 2.37. The van der Waals surface area contributed by atoms with Crippen molar-refractivity contribution in [2.45, 2.75) is 63.6 Å². The van der Waals surface area contributed by atoms with Crippen LogP contribution in [0, 0.1) is 0 Å². The number of benzene rings is 1. The van der Waals surface area contributed by atoms with E-state index in [1.807, 2.05) is 0 Å². The van der Waals surface area contributed by atoms with Gasteiger partial charge in [-0.1, -0.05) is 50.1 Å². The van der Waals surface area contributed by atoms with Gasteiger partial charge in [-0.3, -0.25) is 4.90 Å². The first-order chi connectivity index (χ1) is 9.74. The van der Waals surface area contributed by atoms with Crippen molar-refractivity contribution < 1.29 is 0 Å². The monoisotopic (exact) mass is 272 g/mol. The van der Waals surface area contributed by atoms with Gasteiger partial charge in [0.15, 0.2) is 0 Å². The second kappa shape index (κ2) is 5.87. The molecular formula is C18H28N2. The summed E-state index contributed by atoms with van der Waals surface area (Å²) in [4.78, 5) is 2.76. The molecule has 1 saturated heterocycles. The number of nitrogens with zero attached hydrogens (tertiary/aromatic N) is 1. The molecule has 1 spiro atoms. The van der Waals surface area contributed by atoms with Gasteiger partial charge < -0.3 is 5.32 Å².